The van der Waals surface area contributed by atoms with E-state index in [2.05, 4.69) is 11.8 Å². The van der Waals surface area contributed by atoms with E-state index < -0.39 is 18.0 Å². The summed E-state index contributed by atoms with van der Waals surface area (Å²) in [6, 6.07) is 0. The molecule has 1 atom stereocenters. The van der Waals surface area contributed by atoms with Crippen LogP contribution in [0.2, 0.25) is 0 Å². The monoisotopic (exact) mass is 352 g/mol. The predicted molar refractivity (Wildman–Crippen MR) is 98.2 cm³/mol. The highest BCUT2D eigenvalue weighted by molar-refractivity contribution is 5.66. The number of carbonyl (C=O) groups is 2. The van der Waals surface area contributed by atoms with E-state index >= 15 is 0 Å². The van der Waals surface area contributed by atoms with Crippen LogP contribution in [0, 0.1) is 11.8 Å². The number of aliphatic hydroxyl groups excluding tert-OH is 1. The molecule has 0 rings (SSSR count). The lowest BCUT2D eigenvalue weighted by molar-refractivity contribution is -0.138. The van der Waals surface area contributed by atoms with Crippen molar-refractivity contribution in [3.05, 3.63) is 12.2 Å². The molecule has 142 valence electrons. The second-order valence-corrected chi connectivity index (χ2v) is 6.26. The number of carboxylic acid groups (broad SMARTS) is 2. The maximum absolute atomic E-state index is 10.3. The topological polar surface area (TPSA) is 94.8 Å². The van der Waals surface area contributed by atoms with Crippen molar-refractivity contribution < 1.29 is 24.9 Å². The standard InChI is InChI=1S/C20H32O5/c21-18(15-12-13-17-20(24)25)14-10-8-6-4-2-1-3-5-7-9-11-16-19(22)23/h10,14,18,21H,1-5,7,9,11-13,15-17H2,(H,22,23)(H,24,25)/b14-10+/t18-/m1/s1. The predicted octanol–water partition coefficient (Wildman–Crippen LogP) is 4.15. The lowest BCUT2D eigenvalue weighted by Gasteiger charge is -2.02. The molecule has 0 radical (unpaired) electrons. The van der Waals surface area contributed by atoms with Gasteiger partial charge in [-0.2, -0.15) is 0 Å². The first-order chi connectivity index (χ1) is 12.0. The Kier molecular flexibility index (Phi) is 15.8. The van der Waals surface area contributed by atoms with Gasteiger partial charge in [-0.05, 0) is 44.3 Å². The Balaban J connectivity index is 3.43. The van der Waals surface area contributed by atoms with Gasteiger partial charge in [0, 0.05) is 19.3 Å². The van der Waals surface area contributed by atoms with Gasteiger partial charge in [0.05, 0.1) is 6.10 Å². The zero-order chi connectivity index (χ0) is 18.8. The number of hydrogen-bond donors (Lipinski definition) is 3. The van der Waals surface area contributed by atoms with Crippen LogP contribution in [-0.4, -0.2) is 33.4 Å². The highest BCUT2D eigenvalue weighted by atomic mass is 16.4. The molecular formula is C20H32O5. The summed E-state index contributed by atoms with van der Waals surface area (Å²) in [5, 5.41) is 26.7. The van der Waals surface area contributed by atoms with E-state index in [0.29, 0.717) is 19.3 Å². The summed E-state index contributed by atoms with van der Waals surface area (Å²) in [6.45, 7) is 0. The number of hydrogen-bond acceptors (Lipinski definition) is 3. The number of aliphatic carboxylic acids is 2. The molecule has 0 spiro atoms. The summed E-state index contributed by atoms with van der Waals surface area (Å²) < 4.78 is 0. The van der Waals surface area contributed by atoms with E-state index in [0.717, 1.165) is 44.9 Å². The smallest absolute Gasteiger partial charge is 0.303 e. The van der Waals surface area contributed by atoms with Gasteiger partial charge < -0.3 is 15.3 Å². The zero-order valence-electron chi connectivity index (χ0n) is 15.1. The van der Waals surface area contributed by atoms with Crippen LogP contribution in [0.3, 0.4) is 0 Å². The van der Waals surface area contributed by atoms with Crippen molar-refractivity contribution in [2.75, 3.05) is 0 Å². The Bertz CT molecular complexity index is 445. The van der Waals surface area contributed by atoms with E-state index in [9.17, 15) is 14.7 Å². The molecule has 0 saturated heterocycles. The van der Waals surface area contributed by atoms with E-state index in [-0.39, 0.29) is 12.8 Å². The van der Waals surface area contributed by atoms with Gasteiger partial charge in [0.25, 0.3) is 0 Å². The molecule has 0 aromatic rings. The molecule has 25 heavy (non-hydrogen) atoms. The third kappa shape index (κ3) is 20.2. The Hall–Kier alpha value is -1.80. The van der Waals surface area contributed by atoms with E-state index in [4.69, 9.17) is 10.2 Å². The molecule has 0 fully saturated rings. The van der Waals surface area contributed by atoms with Crippen molar-refractivity contribution in [1.29, 1.82) is 0 Å². The molecule has 5 heteroatoms. The summed E-state index contributed by atoms with van der Waals surface area (Å²) in [4.78, 5) is 20.7. The molecule has 5 nitrogen and oxygen atoms in total. The number of aliphatic hydroxyl groups is 1. The van der Waals surface area contributed by atoms with Crippen LogP contribution in [0.15, 0.2) is 12.2 Å². The zero-order valence-corrected chi connectivity index (χ0v) is 15.1. The maximum Gasteiger partial charge on any atom is 0.303 e. The van der Waals surface area contributed by atoms with Crippen LogP contribution < -0.4 is 0 Å². The normalized spacial score (nSPS) is 11.9. The molecule has 0 aliphatic carbocycles. The lowest BCUT2D eigenvalue weighted by atomic mass is 10.1. The molecule has 0 aromatic carbocycles. The number of rotatable bonds is 15. The van der Waals surface area contributed by atoms with Crippen LogP contribution in [-0.2, 0) is 9.59 Å². The highest BCUT2D eigenvalue weighted by Gasteiger charge is 2.00. The summed E-state index contributed by atoms with van der Waals surface area (Å²) in [5.41, 5.74) is 0. The van der Waals surface area contributed by atoms with Gasteiger partial charge in [-0.1, -0.05) is 43.9 Å². The van der Waals surface area contributed by atoms with Gasteiger partial charge in [-0.25, -0.2) is 0 Å². The van der Waals surface area contributed by atoms with Crippen molar-refractivity contribution in [3.8, 4) is 11.8 Å². The van der Waals surface area contributed by atoms with Gasteiger partial charge in [0.2, 0.25) is 0 Å². The van der Waals surface area contributed by atoms with Crippen molar-refractivity contribution in [2.24, 2.45) is 0 Å². The second kappa shape index (κ2) is 17.0. The Morgan fingerprint density at radius 1 is 0.800 bits per heavy atom. The van der Waals surface area contributed by atoms with Crippen LogP contribution >= 0.6 is 0 Å². The van der Waals surface area contributed by atoms with Crippen LogP contribution in [0.25, 0.3) is 0 Å². The third-order valence-corrected chi connectivity index (χ3v) is 3.84. The summed E-state index contributed by atoms with van der Waals surface area (Å²) in [6.07, 6.45) is 13.3. The van der Waals surface area contributed by atoms with Crippen molar-refractivity contribution in [3.63, 3.8) is 0 Å². The number of unbranched alkanes of at least 4 members (excludes halogenated alkanes) is 8. The van der Waals surface area contributed by atoms with Crippen LogP contribution in [0.4, 0.5) is 0 Å². The van der Waals surface area contributed by atoms with Gasteiger partial charge in [0.1, 0.15) is 0 Å². The first-order valence-electron chi connectivity index (χ1n) is 9.29. The third-order valence-electron chi connectivity index (χ3n) is 3.84. The molecule has 0 bridgehead atoms. The molecular weight excluding hydrogens is 320 g/mol. The molecule has 0 aliphatic heterocycles. The summed E-state index contributed by atoms with van der Waals surface area (Å²) in [7, 11) is 0. The van der Waals surface area contributed by atoms with Crippen molar-refractivity contribution in [2.45, 2.75) is 89.6 Å². The SMILES string of the molecule is O=C(O)CCCCCCCCCC#C/C=C/[C@@H](O)CCCCC(=O)O. The average molecular weight is 352 g/mol. The second-order valence-electron chi connectivity index (χ2n) is 6.26. The van der Waals surface area contributed by atoms with Gasteiger partial charge in [0.15, 0.2) is 0 Å². The first-order valence-corrected chi connectivity index (χ1v) is 9.29. The average Bonchev–Trinajstić information content (AvgIpc) is 2.55. The van der Waals surface area contributed by atoms with Gasteiger partial charge in [-0.3, -0.25) is 9.59 Å². The number of allylic oxidation sites excluding steroid dienone is 1. The quantitative estimate of drug-likeness (QED) is 0.304. The molecule has 0 saturated carbocycles. The molecule has 0 aliphatic rings. The minimum atomic E-state index is -0.797. The summed E-state index contributed by atoms with van der Waals surface area (Å²) in [5.74, 6) is 4.46. The van der Waals surface area contributed by atoms with E-state index in [1.165, 1.54) is 6.42 Å². The minimum absolute atomic E-state index is 0.151. The first kappa shape index (κ1) is 23.2. The maximum atomic E-state index is 10.3. The van der Waals surface area contributed by atoms with Crippen LogP contribution in [0.5, 0.6) is 0 Å². The van der Waals surface area contributed by atoms with Crippen molar-refractivity contribution >= 4 is 11.9 Å². The van der Waals surface area contributed by atoms with E-state index in [1.807, 2.05) is 0 Å². The molecule has 0 aromatic heterocycles. The fourth-order valence-electron chi connectivity index (χ4n) is 2.39. The molecule has 0 heterocycles. The largest absolute Gasteiger partial charge is 0.481 e. The molecule has 0 unspecified atom stereocenters. The number of carboxylic acids is 2. The summed E-state index contributed by atoms with van der Waals surface area (Å²) >= 11 is 0. The minimum Gasteiger partial charge on any atom is -0.481 e. The van der Waals surface area contributed by atoms with Gasteiger partial charge in [-0.15, -0.1) is 0 Å². The van der Waals surface area contributed by atoms with E-state index in [1.54, 1.807) is 12.2 Å². The Labute approximate surface area is 151 Å². The fraction of sp³-hybridized carbons (Fsp3) is 0.700. The highest BCUT2D eigenvalue weighted by Crippen LogP contribution is 2.09. The fourth-order valence-corrected chi connectivity index (χ4v) is 2.39. The van der Waals surface area contributed by atoms with Gasteiger partial charge >= 0.3 is 11.9 Å². The lowest BCUT2D eigenvalue weighted by Crippen LogP contribution is -2.02. The van der Waals surface area contributed by atoms with Crippen LogP contribution in [0.1, 0.15) is 83.5 Å². The Morgan fingerprint density at radius 2 is 1.32 bits per heavy atom. The van der Waals surface area contributed by atoms with Crippen molar-refractivity contribution in [1.82, 2.24) is 0 Å². The molecule has 0 amide bonds. The Morgan fingerprint density at radius 3 is 1.92 bits per heavy atom. The molecule has 3 N–H and O–H groups in total.